The zero-order valence-corrected chi connectivity index (χ0v) is 16.3. The predicted octanol–water partition coefficient (Wildman–Crippen LogP) is 4.38. The zero-order valence-electron chi connectivity index (χ0n) is 14.6. The maximum Gasteiger partial charge on any atom is 0.230 e. The van der Waals surface area contributed by atoms with Gasteiger partial charge in [0.2, 0.25) is 11.0 Å². The van der Waals surface area contributed by atoms with Crippen LogP contribution in [0.4, 0.5) is 10.8 Å². The van der Waals surface area contributed by atoms with Gasteiger partial charge in [0.1, 0.15) is 0 Å². The van der Waals surface area contributed by atoms with Gasteiger partial charge in [-0.3, -0.25) is 4.79 Å². The van der Waals surface area contributed by atoms with Gasteiger partial charge in [0.25, 0.3) is 0 Å². The minimum absolute atomic E-state index is 0.0902. The van der Waals surface area contributed by atoms with E-state index in [2.05, 4.69) is 40.7 Å². The zero-order chi connectivity index (χ0) is 17.6. The number of aromatic nitrogens is 2. The van der Waals surface area contributed by atoms with Crippen LogP contribution in [0.3, 0.4) is 0 Å². The first kappa shape index (κ1) is 18.2. The molecule has 1 amide bonds. The smallest absolute Gasteiger partial charge is 0.230 e. The maximum absolute atomic E-state index is 12.2. The van der Waals surface area contributed by atoms with Crippen LogP contribution in [0.1, 0.15) is 38.2 Å². The number of carbonyl (C=O) groups is 1. The molecule has 1 aliphatic carbocycles. The summed E-state index contributed by atoms with van der Waals surface area (Å²) in [6.07, 6.45) is 4.81. The second kappa shape index (κ2) is 8.67. The van der Waals surface area contributed by atoms with Crippen molar-refractivity contribution in [1.29, 1.82) is 0 Å². The quantitative estimate of drug-likeness (QED) is 0.733. The molecule has 1 aliphatic rings. The third-order valence-corrected chi connectivity index (χ3v) is 6.55. The van der Waals surface area contributed by atoms with Crippen LogP contribution in [0.2, 0.25) is 0 Å². The van der Waals surface area contributed by atoms with Crippen LogP contribution in [0, 0.1) is 12.8 Å². The van der Waals surface area contributed by atoms with Gasteiger partial charge in [0.05, 0.1) is 5.75 Å². The highest BCUT2D eigenvalue weighted by Crippen LogP contribution is 2.29. The van der Waals surface area contributed by atoms with Crippen LogP contribution in [0.15, 0.2) is 28.6 Å². The van der Waals surface area contributed by atoms with Gasteiger partial charge < -0.3 is 10.6 Å². The van der Waals surface area contributed by atoms with Gasteiger partial charge in [-0.05, 0) is 37.3 Å². The van der Waals surface area contributed by atoms with E-state index in [0.717, 1.165) is 27.1 Å². The Hall–Kier alpha value is -1.60. The predicted molar refractivity (Wildman–Crippen MR) is 105 cm³/mol. The van der Waals surface area contributed by atoms with Crippen LogP contribution < -0.4 is 10.6 Å². The molecule has 1 saturated carbocycles. The summed E-state index contributed by atoms with van der Waals surface area (Å²) >= 11 is 2.92. The fourth-order valence-corrected chi connectivity index (χ4v) is 4.63. The summed E-state index contributed by atoms with van der Waals surface area (Å²) in [5.74, 6) is 1.06. The molecule has 2 N–H and O–H groups in total. The van der Waals surface area contributed by atoms with Crippen LogP contribution in [-0.4, -0.2) is 27.9 Å². The van der Waals surface area contributed by atoms with Crippen molar-refractivity contribution in [2.45, 2.75) is 49.9 Å². The van der Waals surface area contributed by atoms with Gasteiger partial charge in [-0.15, -0.1) is 10.2 Å². The second-order valence-corrected chi connectivity index (χ2v) is 8.74. The van der Waals surface area contributed by atoms with E-state index in [9.17, 15) is 4.79 Å². The number of amides is 1. The average molecular weight is 377 g/mol. The Bertz CT molecular complexity index is 719. The number of nitrogens with one attached hydrogen (secondary N) is 2. The summed E-state index contributed by atoms with van der Waals surface area (Å²) in [7, 11) is 0. The molecule has 0 spiro atoms. The van der Waals surface area contributed by atoms with Crippen molar-refractivity contribution in [3.63, 3.8) is 0 Å². The summed E-state index contributed by atoms with van der Waals surface area (Å²) in [6.45, 7) is 4.28. The van der Waals surface area contributed by atoms with E-state index in [1.165, 1.54) is 42.4 Å². The summed E-state index contributed by atoms with van der Waals surface area (Å²) in [5, 5.41) is 15.5. The maximum atomic E-state index is 12.2. The molecule has 1 heterocycles. The van der Waals surface area contributed by atoms with Crippen molar-refractivity contribution in [2.75, 3.05) is 11.1 Å². The number of anilines is 2. The number of para-hydroxylation sites is 1. The highest BCUT2D eigenvalue weighted by Gasteiger charge is 2.22. The van der Waals surface area contributed by atoms with E-state index in [4.69, 9.17) is 0 Å². The van der Waals surface area contributed by atoms with Gasteiger partial charge >= 0.3 is 0 Å². The normalized spacial score (nSPS) is 20.2. The second-order valence-electron chi connectivity index (χ2n) is 6.54. The molecule has 7 heteroatoms. The Kier molecular flexibility index (Phi) is 6.31. The first-order valence-corrected chi connectivity index (χ1v) is 10.5. The van der Waals surface area contributed by atoms with Gasteiger partial charge in [-0.2, -0.15) is 0 Å². The molecule has 3 rings (SSSR count). The Morgan fingerprint density at radius 1 is 1.28 bits per heavy atom. The molecule has 0 saturated heterocycles. The van der Waals surface area contributed by atoms with E-state index in [1.807, 2.05) is 18.2 Å². The van der Waals surface area contributed by atoms with E-state index in [1.54, 1.807) is 0 Å². The minimum atomic E-state index is 0.0902. The Balaban J connectivity index is 1.48. The molecule has 25 heavy (non-hydrogen) atoms. The topological polar surface area (TPSA) is 66.9 Å². The number of thioether (sulfide) groups is 1. The van der Waals surface area contributed by atoms with Crippen LogP contribution in [-0.2, 0) is 4.79 Å². The highest BCUT2D eigenvalue weighted by atomic mass is 32.2. The Labute approximate surface area is 157 Å². The molecular weight excluding hydrogens is 352 g/mol. The summed E-state index contributed by atoms with van der Waals surface area (Å²) in [5.41, 5.74) is 2.19. The van der Waals surface area contributed by atoms with Crippen LogP contribution in [0.5, 0.6) is 0 Å². The van der Waals surface area contributed by atoms with Gasteiger partial charge in [-0.1, -0.05) is 61.1 Å². The van der Waals surface area contributed by atoms with E-state index in [0.29, 0.717) is 17.7 Å². The Morgan fingerprint density at radius 2 is 2.08 bits per heavy atom. The van der Waals surface area contributed by atoms with Gasteiger partial charge in [0, 0.05) is 11.7 Å². The number of hydrogen-bond donors (Lipinski definition) is 2. The molecular formula is C18H24N4OS2. The number of rotatable bonds is 6. The lowest BCUT2D eigenvalue weighted by Gasteiger charge is -2.29. The van der Waals surface area contributed by atoms with E-state index >= 15 is 0 Å². The lowest BCUT2D eigenvalue weighted by atomic mass is 9.86. The Morgan fingerprint density at radius 3 is 2.88 bits per heavy atom. The summed E-state index contributed by atoms with van der Waals surface area (Å²) in [4.78, 5) is 12.2. The standard InChI is InChI=1S/C18H24N4OS2/c1-12-7-3-5-9-14(12)19-16(23)11-24-18-22-21-17(25-18)20-15-10-6-4-8-13(15)2/h4,6,8,10,12,14H,3,5,7,9,11H2,1-2H3,(H,19,23)(H,20,21)/t12-,14-/m1/s1. The van der Waals surface area contributed by atoms with Crippen LogP contribution >= 0.6 is 23.1 Å². The van der Waals surface area contributed by atoms with Gasteiger partial charge in [-0.25, -0.2) is 0 Å². The van der Waals surface area contributed by atoms with E-state index in [-0.39, 0.29) is 5.91 Å². The largest absolute Gasteiger partial charge is 0.352 e. The van der Waals surface area contributed by atoms with Crippen molar-refractivity contribution in [2.24, 2.45) is 5.92 Å². The number of aryl methyl sites for hydroxylation is 1. The molecule has 0 bridgehead atoms. The summed E-state index contributed by atoms with van der Waals surface area (Å²) in [6, 6.07) is 8.39. The third-order valence-electron chi connectivity index (χ3n) is 4.58. The number of nitrogens with zero attached hydrogens (tertiary/aromatic N) is 2. The minimum Gasteiger partial charge on any atom is -0.352 e. The molecule has 2 aromatic rings. The average Bonchev–Trinajstić information content (AvgIpc) is 3.05. The molecule has 1 aromatic heterocycles. The molecule has 134 valence electrons. The fraction of sp³-hybridized carbons (Fsp3) is 0.500. The summed E-state index contributed by atoms with van der Waals surface area (Å²) < 4.78 is 0.808. The number of carbonyl (C=O) groups excluding carboxylic acids is 1. The molecule has 1 fully saturated rings. The molecule has 0 aliphatic heterocycles. The lowest BCUT2D eigenvalue weighted by Crippen LogP contribution is -2.41. The monoisotopic (exact) mass is 376 g/mol. The SMILES string of the molecule is Cc1ccccc1Nc1nnc(SCC(=O)N[C@@H]2CCCC[C@H]2C)s1. The number of benzene rings is 1. The van der Waals surface area contributed by atoms with Crippen molar-refractivity contribution in [1.82, 2.24) is 15.5 Å². The van der Waals surface area contributed by atoms with Crippen molar-refractivity contribution in [3.8, 4) is 0 Å². The first-order valence-electron chi connectivity index (χ1n) is 8.70. The van der Waals surface area contributed by atoms with Crippen molar-refractivity contribution < 1.29 is 4.79 Å². The van der Waals surface area contributed by atoms with Crippen molar-refractivity contribution >= 4 is 39.8 Å². The first-order chi connectivity index (χ1) is 12.1. The third kappa shape index (κ3) is 5.19. The molecule has 1 aromatic carbocycles. The van der Waals surface area contributed by atoms with Crippen LogP contribution in [0.25, 0.3) is 0 Å². The molecule has 0 unspecified atom stereocenters. The molecule has 0 radical (unpaired) electrons. The number of hydrogen-bond acceptors (Lipinski definition) is 6. The highest BCUT2D eigenvalue weighted by molar-refractivity contribution is 8.01. The van der Waals surface area contributed by atoms with E-state index < -0.39 is 0 Å². The van der Waals surface area contributed by atoms with Crippen molar-refractivity contribution in [3.05, 3.63) is 29.8 Å². The molecule has 5 nitrogen and oxygen atoms in total. The lowest BCUT2D eigenvalue weighted by molar-refractivity contribution is -0.119. The van der Waals surface area contributed by atoms with Gasteiger partial charge in [0.15, 0.2) is 4.34 Å². The fourth-order valence-electron chi connectivity index (χ4n) is 3.05. The molecule has 2 atom stereocenters.